The fraction of sp³-hybridized carbons (Fsp3) is 0.105. The quantitative estimate of drug-likeness (QED) is 0.466. The van der Waals surface area contributed by atoms with Gasteiger partial charge < -0.3 is 9.47 Å². The number of benzene rings is 2. The van der Waals surface area contributed by atoms with Gasteiger partial charge in [-0.2, -0.15) is 0 Å². The van der Waals surface area contributed by atoms with Gasteiger partial charge in [0.15, 0.2) is 0 Å². The van der Waals surface area contributed by atoms with Gasteiger partial charge in [-0.05, 0) is 19.1 Å². The van der Waals surface area contributed by atoms with Crippen molar-refractivity contribution in [1.29, 1.82) is 0 Å². The summed E-state index contributed by atoms with van der Waals surface area (Å²) in [6, 6.07) is 15.7. The first kappa shape index (κ1) is 14.0. The van der Waals surface area contributed by atoms with Crippen molar-refractivity contribution >= 4 is 17.3 Å². The Balaban J connectivity index is 2.03. The van der Waals surface area contributed by atoms with Crippen LogP contribution in [0.2, 0.25) is 0 Å². The maximum Gasteiger partial charge on any atom is 0.348 e. The van der Waals surface area contributed by atoms with E-state index in [9.17, 15) is 4.79 Å². The van der Waals surface area contributed by atoms with Gasteiger partial charge in [0.2, 0.25) is 0 Å². The second kappa shape index (κ2) is 5.56. The number of carbonyl (C=O) groups excluding carboxylic acids is 1. The lowest BCUT2D eigenvalue weighted by molar-refractivity contribution is 0.0533. The number of ether oxygens (including phenoxy) is 2. The molecule has 2 heterocycles. The highest BCUT2D eigenvalue weighted by molar-refractivity contribution is 7.13. The summed E-state index contributed by atoms with van der Waals surface area (Å²) < 4.78 is 11.3. The molecule has 0 aliphatic carbocycles. The normalized spacial score (nSPS) is 11.5. The zero-order valence-corrected chi connectivity index (χ0v) is 13.4. The molecule has 0 spiro atoms. The molecule has 1 aromatic heterocycles. The summed E-state index contributed by atoms with van der Waals surface area (Å²) in [6.45, 7) is 2.18. The molecule has 0 saturated heterocycles. The lowest BCUT2D eigenvalue weighted by Crippen LogP contribution is -2.03. The molecule has 0 atom stereocenters. The van der Waals surface area contributed by atoms with Crippen molar-refractivity contribution in [2.24, 2.45) is 0 Å². The minimum absolute atomic E-state index is 0.284. The second-order valence-corrected chi connectivity index (χ2v) is 6.05. The Bertz CT molecular complexity index is 895. The lowest BCUT2D eigenvalue weighted by Gasteiger charge is -2.09. The second-order valence-electron chi connectivity index (χ2n) is 5.17. The molecule has 114 valence electrons. The van der Waals surface area contributed by atoms with Crippen LogP contribution < -0.4 is 4.74 Å². The fourth-order valence-electron chi connectivity index (χ4n) is 2.83. The molecule has 0 amide bonds. The van der Waals surface area contributed by atoms with Crippen molar-refractivity contribution in [2.75, 3.05) is 6.61 Å². The zero-order chi connectivity index (χ0) is 15.8. The van der Waals surface area contributed by atoms with E-state index in [-0.39, 0.29) is 5.97 Å². The summed E-state index contributed by atoms with van der Waals surface area (Å²) in [4.78, 5) is 13.0. The molecule has 4 heteroatoms. The number of thiophene rings is 1. The fourth-order valence-corrected chi connectivity index (χ4v) is 3.80. The van der Waals surface area contributed by atoms with E-state index in [2.05, 4.69) is 0 Å². The Morgan fingerprint density at radius 2 is 1.65 bits per heavy atom. The smallest absolute Gasteiger partial charge is 0.348 e. The first-order valence-corrected chi connectivity index (χ1v) is 8.33. The van der Waals surface area contributed by atoms with E-state index < -0.39 is 0 Å². The van der Waals surface area contributed by atoms with Crippen molar-refractivity contribution in [1.82, 2.24) is 0 Å². The summed E-state index contributed by atoms with van der Waals surface area (Å²) in [5, 5.41) is 2.01. The van der Waals surface area contributed by atoms with E-state index in [4.69, 9.17) is 9.47 Å². The van der Waals surface area contributed by atoms with Gasteiger partial charge in [-0.25, -0.2) is 4.79 Å². The molecule has 0 bridgehead atoms. The van der Waals surface area contributed by atoms with Crippen LogP contribution >= 0.6 is 11.3 Å². The van der Waals surface area contributed by atoms with Gasteiger partial charge in [-0.3, -0.25) is 0 Å². The number of para-hydroxylation sites is 2. The molecule has 0 fully saturated rings. The number of hydrogen-bond donors (Lipinski definition) is 0. The number of fused-ring (bicyclic) bond motifs is 5. The molecule has 0 N–H and O–H groups in total. The number of rotatable bonds is 2. The van der Waals surface area contributed by atoms with Crippen LogP contribution in [0.5, 0.6) is 11.5 Å². The number of esters is 1. The standard InChI is InChI=1S/C19H14O3S/c1-2-21-19(20)18-17-13-8-4-6-10-16(13)22-15-9-5-3-7-12(15)14(17)11-23-18/h3-11H,2H2,1H3. The first-order chi connectivity index (χ1) is 11.3. The Kier molecular flexibility index (Phi) is 3.39. The third-order valence-electron chi connectivity index (χ3n) is 3.81. The van der Waals surface area contributed by atoms with Crippen LogP contribution in [0.1, 0.15) is 16.6 Å². The maximum atomic E-state index is 12.4. The van der Waals surface area contributed by atoms with Gasteiger partial charge in [0.1, 0.15) is 16.4 Å². The Morgan fingerprint density at radius 3 is 2.39 bits per heavy atom. The average Bonchev–Trinajstić information content (AvgIpc) is 2.95. The zero-order valence-electron chi connectivity index (χ0n) is 12.5. The molecule has 0 unspecified atom stereocenters. The van der Waals surface area contributed by atoms with E-state index in [1.165, 1.54) is 11.3 Å². The van der Waals surface area contributed by atoms with Gasteiger partial charge in [-0.15, -0.1) is 11.3 Å². The Hall–Kier alpha value is -2.59. The van der Waals surface area contributed by atoms with Crippen LogP contribution in [0.15, 0.2) is 53.9 Å². The van der Waals surface area contributed by atoms with Crippen LogP contribution in [0.4, 0.5) is 0 Å². The third-order valence-corrected chi connectivity index (χ3v) is 4.77. The van der Waals surface area contributed by atoms with Crippen molar-refractivity contribution in [3.63, 3.8) is 0 Å². The molecular weight excluding hydrogens is 308 g/mol. The third kappa shape index (κ3) is 2.23. The van der Waals surface area contributed by atoms with Gasteiger partial charge in [0.05, 0.1) is 6.61 Å². The van der Waals surface area contributed by atoms with E-state index in [1.54, 1.807) is 0 Å². The summed E-state index contributed by atoms with van der Waals surface area (Å²) in [6.07, 6.45) is 0. The molecule has 0 saturated carbocycles. The molecule has 1 aliphatic heterocycles. The molecule has 3 aromatic rings. The monoisotopic (exact) mass is 322 g/mol. The average molecular weight is 322 g/mol. The molecule has 1 aliphatic rings. The SMILES string of the molecule is CCOC(=O)c1scc2c1-c1ccccc1Oc1ccccc1-2. The summed E-state index contributed by atoms with van der Waals surface area (Å²) in [7, 11) is 0. The number of carbonyl (C=O) groups is 1. The Morgan fingerprint density at radius 1 is 1.00 bits per heavy atom. The highest BCUT2D eigenvalue weighted by atomic mass is 32.1. The Labute approximate surface area is 138 Å². The molecular formula is C19H14O3S. The number of hydrogen-bond acceptors (Lipinski definition) is 4. The minimum atomic E-state index is -0.284. The van der Waals surface area contributed by atoms with Crippen molar-refractivity contribution in [2.45, 2.75) is 6.92 Å². The van der Waals surface area contributed by atoms with Gasteiger partial charge >= 0.3 is 5.97 Å². The molecule has 4 rings (SSSR count). The van der Waals surface area contributed by atoms with Crippen LogP contribution in [0.3, 0.4) is 0 Å². The summed E-state index contributed by atoms with van der Waals surface area (Å²) in [5.41, 5.74) is 3.82. The van der Waals surface area contributed by atoms with Crippen LogP contribution in [0, 0.1) is 0 Å². The predicted molar refractivity (Wildman–Crippen MR) is 91.2 cm³/mol. The maximum absolute atomic E-state index is 12.4. The van der Waals surface area contributed by atoms with Crippen molar-refractivity contribution in [3.8, 4) is 33.8 Å². The predicted octanol–water partition coefficient (Wildman–Crippen LogP) is 5.36. The molecule has 23 heavy (non-hydrogen) atoms. The van der Waals surface area contributed by atoms with Crippen LogP contribution in [-0.2, 0) is 4.74 Å². The highest BCUT2D eigenvalue weighted by Crippen LogP contribution is 2.49. The summed E-state index contributed by atoms with van der Waals surface area (Å²) >= 11 is 1.42. The van der Waals surface area contributed by atoms with Gasteiger partial charge in [-0.1, -0.05) is 36.4 Å². The van der Waals surface area contributed by atoms with Crippen molar-refractivity contribution in [3.05, 3.63) is 58.8 Å². The molecule has 0 radical (unpaired) electrons. The summed E-state index contributed by atoms with van der Waals surface area (Å²) in [5.74, 6) is 1.27. The van der Waals surface area contributed by atoms with E-state index in [0.717, 1.165) is 33.8 Å². The topological polar surface area (TPSA) is 35.5 Å². The molecule has 3 nitrogen and oxygen atoms in total. The van der Waals surface area contributed by atoms with Gasteiger partial charge in [0.25, 0.3) is 0 Å². The van der Waals surface area contributed by atoms with Crippen LogP contribution in [0.25, 0.3) is 22.3 Å². The van der Waals surface area contributed by atoms with Gasteiger partial charge in [0, 0.05) is 27.6 Å². The minimum Gasteiger partial charge on any atom is -0.462 e. The van der Waals surface area contributed by atoms with E-state index >= 15 is 0 Å². The van der Waals surface area contributed by atoms with E-state index in [0.29, 0.717) is 11.5 Å². The first-order valence-electron chi connectivity index (χ1n) is 7.45. The van der Waals surface area contributed by atoms with E-state index in [1.807, 2.05) is 60.8 Å². The van der Waals surface area contributed by atoms with Crippen molar-refractivity contribution < 1.29 is 14.3 Å². The lowest BCUT2D eigenvalue weighted by atomic mass is 9.97. The highest BCUT2D eigenvalue weighted by Gasteiger charge is 2.27. The van der Waals surface area contributed by atoms with Crippen LogP contribution in [-0.4, -0.2) is 12.6 Å². The largest absolute Gasteiger partial charge is 0.462 e. The molecule has 2 aromatic carbocycles.